The van der Waals surface area contributed by atoms with Gasteiger partial charge in [0.1, 0.15) is 6.54 Å². The van der Waals surface area contributed by atoms with Gasteiger partial charge in [-0.1, -0.05) is 49.4 Å². The molecule has 1 aliphatic heterocycles. The van der Waals surface area contributed by atoms with Crippen LogP contribution in [-0.2, 0) is 25.5 Å². The average molecular weight is 382 g/mol. The Bertz CT molecular complexity index is 859. The molecule has 2 aromatic rings. The van der Waals surface area contributed by atoms with Gasteiger partial charge in [0.05, 0.1) is 6.42 Å². The van der Waals surface area contributed by atoms with Crippen LogP contribution in [0.25, 0.3) is 10.8 Å². The largest absolute Gasteiger partial charge is 0.454 e. The molecule has 3 rings (SSSR count). The number of fused-ring (bicyclic) bond motifs is 1. The Morgan fingerprint density at radius 1 is 1.14 bits per heavy atom. The van der Waals surface area contributed by atoms with E-state index in [1.165, 1.54) is 0 Å². The summed E-state index contributed by atoms with van der Waals surface area (Å²) in [6, 6.07) is 13.7. The lowest BCUT2D eigenvalue weighted by Crippen LogP contribution is -2.42. The van der Waals surface area contributed by atoms with Gasteiger partial charge in [0.2, 0.25) is 5.91 Å². The summed E-state index contributed by atoms with van der Waals surface area (Å²) in [6.07, 6.45) is 2.27. The van der Waals surface area contributed by atoms with Crippen molar-refractivity contribution in [1.29, 1.82) is 0 Å². The minimum Gasteiger partial charge on any atom is -0.454 e. The van der Waals surface area contributed by atoms with Gasteiger partial charge < -0.3 is 15.0 Å². The number of esters is 1. The highest BCUT2D eigenvalue weighted by Gasteiger charge is 2.21. The van der Waals surface area contributed by atoms with Crippen molar-refractivity contribution in [3.05, 3.63) is 48.0 Å². The van der Waals surface area contributed by atoms with Crippen LogP contribution in [0.1, 0.15) is 25.3 Å². The first kappa shape index (κ1) is 19.9. The Hall–Kier alpha value is -2.89. The maximum absolute atomic E-state index is 12.2. The van der Waals surface area contributed by atoms with Crippen LogP contribution in [0.15, 0.2) is 42.5 Å². The van der Waals surface area contributed by atoms with Crippen LogP contribution in [0.5, 0.6) is 0 Å². The molecule has 1 saturated heterocycles. The quantitative estimate of drug-likeness (QED) is 0.778. The lowest BCUT2D eigenvalue weighted by molar-refractivity contribution is -0.152. The van der Waals surface area contributed by atoms with E-state index in [4.69, 9.17) is 4.74 Å². The summed E-state index contributed by atoms with van der Waals surface area (Å²) in [5.41, 5.74) is 0.901. The molecule has 0 radical (unpaired) electrons. The lowest BCUT2D eigenvalue weighted by Gasteiger charge is -2.30. The monoisotopic (exact) mass is 382 g/mol. The minimum absolute atomic E-state index is 0.179. The summed E-state index contributed by atoms with van der Waals surface area (Å²) in [7, 11) is 0. The molecule has 28 heavy (non-hydrogen) atoms. The van der Waals surface area contributed by atoms with E-state index in [0.717, 1.165) is 29.2 Å². The Morgan fingerprint density at radius 2 is 1.93 bits per heavy atom. The number of nitrogens with zero attached hydrogens (tertiary/aromatic N) is 1. The van der Waals surface area contributed by atoms with Gasteiger partial charge in [0.15, 0.2) is 6.61 Å². The zero-order valence-electron chi connectivity index (χ0n) is 16.1. The van der Waals surface area contributed by atoms with Crippen LogP contribution >= 0.6 is 0 Å². The molecule has 1 aliphatic rings. The van der Waals surface area contributed by atoms with E-state index in [1.54, 1.807) is 4.90 Å². The first-order chi connectivity index (χ1) is 13.5. The molecule has 0 aromatic heterocycles. The molecule has 2 aromatic carbocycles. The first-order valence-electron chi connectivity index (χ1n) is 9.69. The second-order valence-corrected chi connectivity index (χ2v) is 7.34. The van der Waals surface area contributed by atoms with Crippen molar-refractivity contribution >= 4 is 28.6 Å². The first-order valence-corrected chi connectivity index (χ1v) is 9.69. The van der Waals surface area contributed by atoms with Crippen molar-refractivity contribution in [2.75, 3.05) is 26.2 Å². The van der Waals surface area contributed by atoms with Gasteiger partial charge in [-0.25, -0.2) is 0 Å². The van der Waals surface area contributed by atoms with Crippen LogP contribution in [0, 0.1) is 5.92 Å². The zero-order chi connectivity index (χ0) is 19.9. The standard InChI is InChI=1S/C22H26N2O4/c1-16-6-5-11-24(14-16)21(26)15-28-22(27)13-23-20(25)12-18-9-4-8-17-7-2-3-10-19(17)18/h2-4,7-10,16H,5-6,11-15H2,1H3,(H,23,25)/t16-/m0/s1. The molecule has 0 spiro atoms. The predicted octanol–water partition coefficient (Wildman–Crippen LogP) is 2.30. The van der Waals surface area contributed by atoms with Gasteiger partial charge in [-0.3, -0.25) is 14.4 Å². The molecule has 0 unspecified atom stereocenters. The number of amides is 2. The van der Waals surface area contributed by atoms with E-state index >= 15 is 0 Å². The Labute approximate surface area is 164 Å². The highest BCUT2D eigenvalue weighted by Crippen LogP contribution is 2.19. The molecular weight excluding hydrogens is 356 g/mol. The Kier molecular flexibility index (Phi) is 6.63. The maximum atomic E-state index is 12.2. The molecule has 1 atom stereocenters. The third-order valence-electron chi connectivity index (χ3n) is 5.03. The van der Waals surface area contributed by atoms with Crippen LogP contribution in [0.2, 0.25) is 0 Å². The Balaban J connectivity index is 1.43. The van der Waals surface area contributed by atoms with Gasteiger partial charge in [-0.15, -0.1) is 0 Å². The van der Waals surface area contributed by atoms with E-state index in [1.807, 2.05) is 42.5 Å². The SMILES string of the molecule is C[C@H]1CCCN(C(=O)COC(=O)CNC(=O)Cc2cccc3ccccc23)C1. The number of ether oxygens (including phenoxy) is 1. The van der Waals surface area contributed by atoms with Crippen molar-refractivity contribution < 1.29 is 19.1 Å². The summed E-state index contributed by atoms with van der Waals surface area (Å²) in [5, 5.41) is 4.65. The van der Waals surface area contributed by atoms with Gasteiger partial charge in [-0.2, -0.15) is 0 Å². The fourth-order valence-corrected chi connectivity index (χ4v) is 3.55. The summed E-state index contributed by atoms with van der Waals surface area (Å²) in [4.78, 5) is 37.9. The summed E-state index contributed by atoms with van der Waals surface area (Å²) in [6.45, 7) is 3.01. The molecule has 0 saturated carbocycles. The van der Waals surface area contributed by atoms with Crippen molar-refractivity contribution in [2.45, 2.75) is 26.2 Å². The molecule has 2 amide bonds. The summed E-state index contributed by atoms with van der Waals surface area (Å²) < 4.78 is 5.02. The second kappa shape index (κ2) is 9.35. The molecule has 148 valence electrons. The number of carbonyl (C=O) groups is 3. The summed E-state index contributed by atoms with van der Waals surface area (Å²) >= 11 is 0. The highest BCUT2D eigenvalue weighted by atomic mass is 16.5. The second-order valence-electron chi connectivity index (χ2n) is 7.34. The third-order valence-corrected chi connectivity index (χ3v) is 5.03. The van der Waals surface area contributed by atoms with Crippen LogP contribution in [0.3, 0.4) is 0 Å². The number of hydrogen-bond acceptors (Lipinski definition) is 4. The zero-order valence-corrected chi connectivity index (χ0v) is 16.1. The van der Waals surface area contributed by atoms with Crippen molar-refractivity contribution in [3.63, 3.8) is 0 Å². The number of nitrogens with one attached hydrogen (secondary N) is 1. The number of hydrogen-bond donors (Lipinski definition) is 1. The van der Waals surface area contributed by atoms with Gasteiger partial charge in [0.25, 0.3) is 5.91 Å². The van der Waals surface area contributed by atoms with E-state index < -0.39 is 5.97 Å². The smallest absolute Gasteiger partial charge is 0.325 e. The van der Waals surface area contributed by atoms with Crippen LogP contribution in [0.4, 0.5) is 0 Å². The van der Waals surface area contributed by atoms with E-state index in [-0.39, 0.29) is 31.4 Å². The molecule has 0 aliphatic carbocycles. The van der Waals surface area contributed by atoms with Crippen molar-refractivity contribution in [2.24, 2.45) is 5.92 Å². The minimum atomic E-state index is -0.607. The maximum Gasteiger partial charge on any atom is 0.325 e. The molecule has 1 N–H and O–H groups in total. The van der Waals surface area contributed by atoms with Crippen molar-refractivity contribution in [1.82, 2.24) is 10.2 Å². The fourth-order valence-electron chi connectivity index (χ4n) is 3.55. The van der Waals surface area contributed by atoms with E-state index in [9.17, 15) is 14.4 Å². The predicted molar refractivity (Wildman–Crippen MR) is 107 cm³/mol. The summed E-state index contributed by atoms with van der Waals surface area (Å²) in [5.74, 6) is -0.571. The van der Waals surface area contributed by atoms with Crippen molar-refractivity contribution in [3.8, 4) is 0 Å². The van der Waals surface area contributed by atoms with E-state index in [2.05, 4.69) is 12.2 Å². The number of carbonyl (C=O) groups excluding carboxylic acids is 3. The topological polar surface area (TPSA) is 75.7 Å². The number of rotatable bonds is 6. The molecule has 0 bridgehead atoms. The fraction of sp³-hybridized carbons (Fsp3) is 0.409. The normalized spacial score (nSPS) is 16.6. The van der Waals surface area contributed by atoms with Crippen LogP contribution < -0.4 is 5.32 Å². The molecular formula is C22H26N2O4. The van der Waals surface area contributed by atoms with Gasteiger partial charge in [-0.05, 0) is 35.1 Å². The van der Waals surface area contributed by atoms with E-state index in [0.29, 0.717) is 19.0 Å². The van der Waals surface area contributed by atoms with Gasteiger partial charge in [0, 0.05) is 13.1 Å². The Morgan fingerprint density at radius 3 is 2.75 bits per heavy atom. The highest BCUT2D eigenvalue weighted by molar-refractivity contribution is 5.91. The molecule has 1 heterocycles. The number of likely N-dealkylation sites (tertiary alicyclic amines) is 1. The average Bonchev–Trinajstić information content (AvgIpc) is 2.71. The molecule has 6 nitrogen and oxygen atoms in total. The lowest BCUT2D eigenvalue weighted by atomic mass is 10.0. The third kappa shape index (κ3) is 5.31. The number of piperidine rings is 1. The molecule has 1 fully saturated rings. The number of benzene rings is 2. The van der Waals surface area contributed by atoms with Crippen LogP contribution in [-0.4, -0.2) is 48.9 Å². The molecule has 6 heteroatoms. The van der Waals surface area contributed by atoms with Gasteiger partial charge >= 0.3 is 5.97 Å².